The topological polar surface area (TPSA) is 103 Å². The molecular formula is C23H32F3N3O5. The zero-order valence-electron chi connectivity index (χ0n) is 19.7. The van der Waals surface area contributed by atoms with E-state index in [9.17, 15) is 22.8 Å². The number of hydrogen-bond acceptors (Lipinski definition) is 5. The molecule has 2 amide bonds. The van der Waals surface area contributed by atoms with E-state index in [-0.39, 0.29) is 23.3 Å². The summed E-state index contributed by atoms with van der Waals surface area (Å²) in [6, 6.07) is 4.11. The zero-order chi connectivity index (χ0) is 25.3. The van der Waals surface area contributed by atoms with Crippen LogP contribution < -0.4 is 5.32 Å². The molecule has 3 fully saturated rings. The molecule has 4 rings (SSSR count). The van der Waals surface area contributed by atoms with Crippen LogP contribution in [0.5, 0.6) is 0 Å². The van der Waals surface area contributed by atoms with Crippen molar-refractivity contribution in [2.45, 2.75) is 64.2 Å². The molecule has 1 aromatic rings. The Morgan fingerprint density at radius 2 is 1.88 bits per heavy atom. The third-order valence-corrected chi connectivity index (χ3v) is 7.23. The minimum Gasteiger partial charge on any atom is -0.475 e. The number of nitrogens with zero attached hydrogens (tertiary/aromatic N) is 2. The summed E-state index contributed by atoms with van der Waals surface area (Å²) in [7, 11) is 0. The van der Waals surface area contributed by atoms with E-state index in [2.05, 4.69) is 24.1 Å². The third-order valence-electron chi connectivity index (χ3n) is 7.23. The van der Waals surface area contributed by atoms with Gasteiger partial charge < -0.3 is 19.7 Å². The van der Waals surface area contributed by atoms with E-state index in [0.717, 1.165) is 31.7 Å². The summed E-state index contributed by atoms with van der Waals surface area (Å²) < 4.78 is 37.2. The molecular weight excluding hydrogens is 455 g/mol. The molecule has 8 nitrogen and oxygen atoms in total. The summed E-state index contributed by atoms with van der Waals surface area (Å²) in [6.07, 6.45) is -1.06. The summed E-state index contributed by atoms with van der Waals surface area (Å²) in [4.78, 5) is 38.6. The van der Waals surface area contributed by atoms with Gasteiger partial charge in [-0.15, -0.1) is 0 Å². The molecule has 0 radical (unpaired) electrons. The van der Waals surface area contributed by atoms with Crippen molar-refractivity contribution in [3.05, 3.63) is 23.7 Å². The molecule has 0 aliphatic carbocycles. The van der Waals surface area contributed by atoms with E-state index in [0.29, 0.717) is 30.8 Å². The molecule has 1 aromatic heterocycles. The Kier molecular flexibility index (Phi) is 7.64. The number of hydrogen-bond donors (Lipinski definition) is 2. The van der Waals surface area contributed by atoms with Crippen LogP contribution in [0.3, 0.4) is 0 Å². The minimum absolute atomic E-state index is 0.0385. The van der Waals surface area contributed by atoms with E-state index < -0.39 is 12.1 Å². The maximum absolute atomic E-state index is 12.7. The quantitative estimate of drug-likeness (QED) is 0.677. The Balaban J connectivity index is 0.000000406. The fourth-order valence-electron chi connectivity index (χ4n) is 5.36. The van der Waals surface area contributed by atoms with Crippen molar-refractivity contribution in [3.8, 4) is 0 Å². The fraction of sp³-hybridized carbons (Fsp3) is 0.696. The van der Waals surface area contributed by atoms with E-state index >= 15 is 0 Å². The molecule has 0 bridgehead atoms. The summed E-state index contributed by atoms with van der Waals surface area (Å²) in [5.41, 5.74) is -0.141. The Hall–Kier alpha value is -2.56. The maximum Gasteiger partial charge on any atom is 0.490 e. The van der Waals surface area contributed by atoms with Crippen molar-refractivity contribution >= 4 is 17.8 Å². The first-order valence-electron chi connectivity index (χ1n) is 11.6. The molecule has 1 unspecified atom stereocenters. The second-order valence-electron chi connectivity index (χ2n) is 9.46. The number of rotatable bonds is 4. The number of amides is 2. The fourth-order valence-corrected chi connectivity index (χ4v) is 5.36. The number of alkyl halides is 3. The molecule has 3 saturated heterocycles. The van der Waals surface area contributed by atoms with Crippen molar-refractivity contribution in [1.29, 1.82) is 0 Å². The summed E-state index contributed by atoms with van der Waals surface area (Å²) in [6.45, 7) is 9.57. The van der Waals surface area contributed by atoms with Crippen LogP contribution in [0.15, 0.2) is 16.5 Å². The van der Waals surface area contributed by atoms with Gasteiger partial charge >= 0.3 is 12.1 Å². The third kappa shape index (κ3) is 5.39. The minimum atomic E-state index is -5.08. The number of fused-ring (bicyclic) bond motifs is 2. The number of nitrogens with one attached hydrogen (secondary N) is 1. The molecule has 0 saturated carbocycles. The average molecular weight is 488 g/mol. The lowest BCUT2D eigenvalue weighted by atomic mass is 9.75. The highest BCUT2D eigenvalue weighted by molar-refractivity contribution is 5.91. The largest absolute Gasteiger partial charge is 0.490 e. The first-order chi connectivity index (χ1) is 15.9. The molecule has 34 heavy (non-hydrogen) atoms. The standard InChI is InChI=1S/C21H31N3O3.C2HF3O2/c1-4-5-14(2)24-12-16-17(13-24)21(22-19(16)25)8-10-23(11-9-21)20(26)18-7-6-15(3)27-18;3-2(4,5)1(6)7/h6-7,14,16-17H,4-5,8-13H2,1-3H3,(H,22,25);(H,6,7)/t14?,16-,17+;/m1./s1. The molecule has 3 aliphatic heterocycles. The van der Waals surface area contributed by atoms with Crippen LogP contribution in [0, 0.1) is 18.8 Å². The van der Waals surface area contributed by atoms with Gasteiger partial charge in [0.1, 0.15) is 5.76 Å². The molecule has 3 atom stereocenters. The predicted molar refractivity (Wildman–Crippen MR) is 116 cm³/mol. The normalized spacial score (nSPS) is 24.9. The van der Waals surface area contributed by atoms with Crippen LogP contribution in [-0.4, -0.2) is 76.6 Å². The number of aliphatic carboxylic acids is 1. The summed E-state index contributed by atoms with van der Waals surface area (Å²) >= 11 is 0. The molecule has 3 aliphatic rings. The van der Waals surface area contributed by atoms with Gasteiger partial charge in [-0.05, 0) is 45.2 Å². The number of likely N-dealkylation sites (tertiary alicyclic amines) is 2. The maximum atomic E-state index is 12.7. The van der Waals surface area contributed by atoms with Gasteiger partial charge in [-0.1, -0.05) is 13.3 Å². The van der Waals surface area contributed by atoms with Crippen LogP contribution in [0.2, 0.25) is 0 Å². The van der Waals surface area contributed by atoms with Crippen LogP contribution >= 0.6 is 0 Å². The Morgan fingerprint density at radius 1 is 1.26 bits per heavy atom. The Labute approximate surface area is 196 Å². The number of carbonyl (C=O) groups is 3. The van der Waals surface area contributed by atoms with Gasteiger partial charge in [0.25, 0.3) is 5.91 Å². The van der Waals surface area contributed by atoms with E-state index in [1.807, 2.05) is 17.9 Å². The van der Waals surface area contributed by atoms with E-state index in [4.69, 9.17) is 14.3 Å². The number of furan rings is 1. The van der Waals surface area contributed by atoms with Gasteiger partial charge in [-0.3, -0.25) is 14.5 Å². The van der Waals surface area contributed by atoms with Crippen LogP contribution in [0.25, 0.3) is 0 Å². The van der Waals surface area contributed by atoms with Crippen molar-refractivity contribution < 1.29 is 37.1 Å². The number of piperidine rings is 1. The Bertz CT molecular complexity index is 908. The SMILES string of the molecule is CCCC(C)N1C[C@H]2C(=O)NC3(CCN(C(=O)c4ccc(C)o4)CC3)[C@H]2C1.O=C(O)C(F)(F)F. The second kappa shape index (κ2) is 9.97. The molecule has 4 heterocycles. The monoisotopic (exact) mass is 487 g/mol. The van der Waals surface area contributed by atoms with Gasteiger partial charge in [0.15, 0.2) is 5.76 Å². The second-order valence-corrected chi connectivity index (χ2v) is 9.46. The lowest BCUT2D eigenvalue weighted by molar-refractivity contribution is -0.192. The van der Waals surface area contributed by atoms with Gasteiger partial charge in [-0.25, -0.2) is 4.79 Å². The lowest BCUT2D eigenvalue weighted by Gasteiger charge is -2.42. The molecule has 2 N–H and O–H groups in total. The highest BCUT2D eigenvalue weighted by atomic mass is 19.4. The molecule has 11 heteroatoms. The number of aryl methyl sites for hydroxylation is 1. The molecule has 0 aromatic carbocycles. The van der Waals surface area contributed by atoms with E-state index in [1.54, 1.807) is 6.07 Å². The number of halogens is 3. The molecule has 190 valence electrons. The molecule has 1 spiro atoms. The highest BCUT2D eigenvalue weighted by Gasteiger charge is 2.57. The van der Waals surface area contributed by atoms with Crippen molar-refractivity contribution in [2.75, 3.05) is 26.2 Å². The van der Waals surface area contributed by atoms with E-state index in [1.165, 1.54) is 12.8 Å². The highest BCUT2D eigenvalue weighted by Crippen LogP contribution is 2.44. The smallest absolute Gasteiger partial charge is 0.475 e. The van der Waals surface area contributed by atoms with Crippen LogP contribution in [0.1, 0.15) is 55.8 Å². The number of carboxylic acids is 1. The van der Waals surface area contributed by atoms with Gasteiger partial charge in [-0.2, -0.15) is 13.2 Å². The van der Waals surface area contributed by atoms with Crippen molar-refractivity contribution in [2.24, 2.45) is 11.8 Å². The van der Waals surface area contributed by atoms with Gasteiger partial charge in [0.05, 0.1) is 5.92 Å². The first-order valence-corrected chi connectivity index (χ1v) is 11.6. The zero-order valence-corrected chi connectivity index (χ0v) is 19.7. The van der Waals surface area contributed by atoms with Gasteiger partial charge in [0.2, 0.25) is 5.91 Å². The van der Waals surface area contributed by atoms with Crippen molar-refractivity contribution in [3.63, 3.8) is 0 Å². The summed E-state index contributed by atoms with van der Waals surface area (Å²) in [5.74, 6) is -0.933. The van der Waals surface area contributed by atoms with Crippen LogP contribution in [0.4, 0.5) is 13.2 Å². The first kappa shape index (κ1) is 26.1. The predicted octanol–water partition coefficient (Wildman–Crippen LogP) is 3.06. The van der Waals surface area contributed by atoms with Gasteiger partial charge in [0, 0.05) is 43.7 Å². The van der Waals surface area contributed by atoms with Crippen molar-refractivity contribution in [1.82, 2.24) is 15.1 Å². The average Bonchev–Trinajstić information content (AvgIpc) is 3.46. The number of carboxylic acid groups (broad SMARTS) is 1. The Morgan fingerprint density at radius 3 is 2.38 bits per heavy atom. The lowest BCUT2D eigenvalue weighted by Crippen LogP contribution is -2.56. The van der Waals surface area contributed by atoms with Crippen LogP contribution in [-0.2, 0) is 9.59 Å². The number of carbonyl (C=O) groups excluding carboxylic acids is 2. The summed E-state index contributed by atoms with van der Waals surface area (Å²) in [5, 5.41) is 10.5.